The van der Waals surface area contributed by atoms with Crippen molar-refractivity contribution in [1.29, 1.82) is 0 Å². The normalized spacial score (nSPS) is 31.3. The van der Waals surface area contributed by atoms with E-state index >= 15 is 0 Å². The first-order valence-electron chi connectivity index (χ1n) is 33.6. The van der Waals surface area contributed by atoms with Gasteiger partial charge >= 0.3 is 0 Å². The van der Waals surface area contributed by atoms with Gasteiger partial charge in [-0.2, -0.15) is 4.68 Å². The molecule has 0 radical (unpaired) electrons. The Kier molecular flexibility index (Phi) is 22.6. The van der Waals surface area contributed by atoms with Gasteiger partial charge in [-0.1, -0.05) is 112 Å². The van der Waals surface area contributed by atoms with E-state index in [2.05, 4.69) is 137 Å². The molecule has 0 aliphatic carbocycles. The smallest absolute Gasteiger partial charge is 0.272 e. The number of tetrazole rings is 1. The fraction of sp³-hybridized carbons (Fsp3) is 0.864. The van der Waals surface area contributed by atoms with Gasteiger partial charge in [0.05, 0.1) is 54.7 Å². The predicted octanol–water partition coefficient (Wildman–Crippen LogP) is 12.7. The van der Waals surface area contributed by atoms with Gasteiger partial charge in [-0.25, -0.2) is 8.42 Å². The maximum absolute atomic E-state index is 14.7. The molecule has 7 heterocycles. The van der Waals surface area contributed by atoms with Gasteiger partial charge in [0.1, 0.15) is 61.7 Å². The van der Waals surface area contributed by atoms with Crippen LogP contribution in [0.5, 0.6) is 0 Å². The Hall–Kier alpha value is -1.75. The molecule has 1 aromatic carbocycles. The number of hydrogen-bond acceptors (Lipinski definition) is 20. The molecule has 6 fully saturated rings. The van der Waals surface area contributed by atoms with Crippen LogP contribution in [0.4, 0.5) is 0 Å². The number of sulfone groups is 1. The second-order valence-electron chi connectivity index (χ2n) is 34.2. The second-order valence-corrected chi connectivity index (χ2v) is 56.1. The first-order valence-corrected chi connectivity index (χ1v) is 47.7. The van der Waals surface area contributed by atoms with Gasteiger partial charge in [-0.05, 0) is 157 Å². The Morgan fingerprint density at radius 2 is 1.11 bits per heavy atom. The maximum Gasteiger partial charge on any atom is 0.272 e. The molecule has 0 saturated carbocycles. The van der Waals surface area contributed by atoms with E-state index in [0.29, 0.717) is 44.6 Å². The van der Waals surface area contributed by atoms with Crippen LogP contribution in [0.25, 0.3) is 5.69 Å². The molecule has 526 valence electrons. The lowest BCUT2D eigenvalue weighted by Crippen LogP contribution is -2.60. The van der Waals surface area contributed by atoms with E-state index in [0.717, 1.165) is 11.6 Å². The average Bonchev–Trinajstić information content (AvgIpc) is 1.57. The molecular formula is C66H118N4O17SSi4. The van der Waals surface area contributed by atoms with E-state index < -0.39 is 157 Å². The highest BCUT2D eigenvalue weighted by Crippen LogP contribution is 2.49. The minimum atomic E-state index is -4.26. The Morgan fingerprint density at radius 3 is 1.64 bits per heavy atom. The minimum absolute atomic E-state index is 0.0195. The largest absolute Gasteiger partial charge is 0.414 e. The molecule has 6 aliphatic heterocycles. The molecule has 0 N–H and O–H groups in total. The zero-order valence-corrected chi connectivity index (χ0v) is 65.6. The van der Waals surface area contributed by atoms with Crippen molar-refractivity contribution in [2.24, 2.45) is 0 Å². The quantitative estimate of drug-likeness (QED) is 0.0370. The average molecular weight is 1380 g/mol. The van der Waals surface area contributed by atoms with E-state index in [1.807, 2.05) is 47.6 Å². The van der Waals surface area contributed by atoms with Crippen molar-refractivity contribution in [1.82, 2.24) is 20.2 Å². The first-order chi connectivity index (χ1) is 41.9. The lowest BCUT2D eigenvalue weighted by atomic mass is 9.87. The standard InChI is InChI=1S/C66H118N4O17SSi4/c1-42(33-34-44(86-91(24,25)61(5,6)7)45-37-47-53(82-63(11,12)78-47)57(76-45)55-49(80-65(15,16)84-55)39-75-90(22,23)60(2,3)4)51(87-92(26,27)62(8,9)10)52(74-41-73-35-36-89(19,20)21)46-38-48-54(83-64(13,14)79-48)58(77-46)56-50(81-66(17,18)85-56)40-88(71,72)59-67-68-69-70(59)43-31-29-28-30-32-43/h28-32,44-58H,1,33-41H2,2-27H3/t44-,45-,46-,47-,48-,49-,50+,51-,52+,53-,54-,55-,56+,57-,58-/m1/s1. The Morgan fingerprint density at radius 1 is 0.630 bits per heavy atom. The van der Waals surface area contributed by atoms with Crippen molar-refractivity contribution < 1.29 is 78.5 Å². The molecule has 0 bridgehead atoms. The second kappa shape index (κ2) is 27.4. The number of nitrogens with zero attached hydrogens (tertiary/aromatic N) is 4. The fourth-order valence-corrected chi connectivity index (χ4v) is 18.2. The van der Waals surface area contributed by atoms with Crippen LogP contribution >= 0.6 is 0 Å². The van der Waals surface area contributed by atoms with Crippen molar-refractivity contribution in [2.75, 3.05) is 25.8 Å². The summed E-state index contributed by atoms with van der Waals surface area (Å²) in [5.74, 6) is -4.63. The van der Waals surface area contributed by atoms with Crippen LogP contribution in [0.3, 0.4) is 0 Å². The first kappa shape index (κ1) is 76.0. The SMILES string of the molecule is C=C(CC[C@@H](O[Si](C)(C)C(C)(C)C)[C@H]1C[C@H]2OC(C)(C)O[C@H]2[C@H]([C@@H]2OC(C)(C)O[C@@H]2CO[Si](C)(C)C(C)(C)C)O1)[C@@H](O[Si](C)(C)C(C)(C)C)[C@@H](OCOCC[Si](C)(C)C)[C@H]1C[C@H]2OC(C)(C)O[C@H]2[C@H]([C@H]2OC(C)(C)O[C@H]2CS(=O)(=O)c2nnnn2-c2ccccc2)O1. The third-order valence-corrected chi connectivity index (χ3v) is 37.1. The molecule has 0 amide bonds. The number of aromatic nitrogens is 4. The van der Waals surface area contributed by atoms with Crippen molar-refractivity contribution in [3.05, 3.63) is 42.5 Å². The van der Waals surface area contributed by atoms with Gasteiger partial charge < -0.3 is 70.1 Å². The number of fused-ring (bicyclic) bond motifs is 2. The Balaban J connectivity index is 1.16. The van der Waals surface area contributed by atoms with E-state index in [9.17, 15) is 8.42 Å². The monoisotopic (exact) mass is 1380 g/mol. The molecule has 2 aromatic rings. The highest BCUT2D eigenvalue weighted by atomic mass is 32.2. The highest BCUT2D eigenvalue weighted by molar-refractivity contribution is 7.91. The van der Waals surface area contributed by atoms with Crippen LogP contribution in [0.2, 0.25) is 80.1 Å². The molecular weight excluding hydrogens is 1270 g/mol. The third-order valence-electron chi connectivity index (χ3n) is 20.3. The lowest BCUT2D eigenvalue weighted by molar-refractivity contribution is -0.237. The molecule has 6 saturated heterocycles. The van der Waals surface area contributed by atoms with Crippen LogP contribution < -0.4 is 0 Å². The summed E-state index contributed by atoms with van der Waals surface area (Å²) in [7, 11) is -13.2. The summed E-state index contributed by atoms with van der Waals surface area (Å²) < 4.78 is 136. The molecule has 6 aliphatic rings. The summed E-state index contributed by atoms with van der Waals surface area (Å²) in [6.45, 7) is 61.5. The molecule has 0 spiro atoms. The fourth-order valence-electron chi connectivity index (χ4n) is 12.4. The van der Waals surface area contributed by atoms with E-state index in [1.54, 1.807) is 38.1 Å². The van der Waals surface area contributed by atoms with E-state index in [4.69, 9.17) is 76.7 Å². The van der Waals surface area contributed by atoms with Crippen LogP contribution in [-0.4, -0.2) is 202 Å². The maximum atomic E-state index is 14.7. The number of hydrogen-bond donors (Lipinski definition) is 0. The highest BCUT2D eigenvalue weighted by Gasteiger charge is 2.62. The van der Waals surface area contributed by atoms with Crippen molar-refractivity contribution in [3.63, 3.8) is 0 Å². The van der Waals surface area contributed by atoms with Crippen LogP contribution in [0, 0.1) is 0 Å². The number of ether oxygens (including phenoxy) is 12. The molecule has 92 heavy (non-hydrogen) atoms. The zero-order chi connectivity index (χ0) is 68.6. The molecule has 1 aromatic heterocycles. The molecule has 21 nitrogen and oxygen atoms in total. The summed E-state index contributed by atoms with van der Waals surface area (Å²) in [5.41, 5.74) is 1.27. The number of rotatable bonds is 26. The molecule has 15 atom stereocenters. The predicted molar refractivity (Wildman–Crippen MR) is 363 cm³/mol. The zero-order valence-electron chi connectivity index (χ0n) is 60.8. The van der Waals surface area contributed by atoms with Gasteiger partial charge in [0.2, 0.25) is 9.84 Å². The summed E-state index contributed by atoms with van der Waals surface area (Å²) in [4.78, 5) is 0. The number of para-hydroxylation sites is 1. The third kappa shape index (κ3) is 18.2. The summed E-state index contributed by atoms with van der Waals surface area (Å²) in [5, 5.41) is 11.1. The van der Waals surface area contributed by atoms with Gasteiger partial charge in [0, 0.05) is 27.5 Å². The summed E-state index contributed by atoms with van der Waals surface area (Å²) in [6.07, 6.45) is -8.21. The topological polar surface area (TPSA) is 216 Å². The molecule has 0 unspecified atom stereocenters. The van der Waals surface area contributed by atoms with Crippen molar-refractivity contribution in [2.45, 2.75) is 343 Å². The van der Waals surface area contributed by atoms with Gasteiger partial charge in [0.25, 0.3) is 5.16 Å². The molecule has 8 rings (SSSR count). The van der Waals surface area contributed by atoms with Crippen molar-refractivity contribution >= 4 is 42.9 Å². The summed E-state index contributed by atoms with van der Waals surface area (Å²) in [6, 6.07) is 9.81. The van der Waals surface area contributed by atoms with Gasteiger partial charge in [-0.3, -0.25) is 0 Å². The van der Waals surface area contributed by atoms with Crippen LogP contribution in [-0.2, 0) is 80.0 Å². The van der Waals surface area contributed by atoms with Gasteiger partial charge in [-0.15, -0.1) is 0 Å². The Bertz CT molecular complexity index is 2920. The van der Waals surface area contributed by atoms with Crippen LogP contribution in [0.1, 0.15) is 143 Å². The van der Waals surface area contributed by atoms with E-state index in [-0.39, 0.29) is 33.2 Å². The minimum Gasteiger partial charge on any atom is -0.414 e. The van der Waals surface area contributed by atoms with Gasteiger partial charge in [0.15, 0.2) is 48.1 Å². The van der Waals surface area contributed by atoms with Crippen molar-refractivity contribution in [3.8, 4) is 5.69 Å². The lowest BCUT2D eigenvalue weighted by Gasteiger charge is -2.47. The van der Waals surface area contributed by atoms with E-state index in [1.165, 1.54) is 4.68 Å². The number of benzene rings is 1. The summed E-state index contributed by atoms with van der Waals surface area (Å²) >= 11 is 0. The Labute approximate surface area is 556 Å². The van der Waals surface area contributed by atoms with Crippen LogP contribution in [0.15, 0.2) is 47.6 Å². The molecule has 26 heteroatoms.